The van der Waals surface area contributed by atoms with Gasteiger partial charge in [-0.05, 0) is 24.3 Å². The average molecular weight is 378 g/mol. The summed E-state index contributed by atoms with van der Waals surface area (Å²) in [4.78, 5) is 20.8. The van der Waals surface area contributed by atoms with Gasteiger partial charge in [0.05, 0.1) is 18.4 Å². The molecular formula is C20H18N4O4. The number of hydrogen-bond donors (Lipinski definition) is 2. The van der Waals surface area contributed by atoms with Crippen molar-refractivity contribution in [2.45, 2.75) is 0 Å². The summed E-state index contributed by atoms with van der Waals surface area (Å²) < 4.78 is 16.3. The number of ether oxygens (including phenoxy) is 3. The Kier molecular flexibility index (Phi) is 4.92. The van der Waals surface area contributed by atoms with E-state index in [4.69, 9.17) is 14.2 Å². The van der Waals surface area contributed by atoms with E-state index in [0.29, 0.717) is 47.7 Å². The average Bonchev–Trinajstić information content (AvgIpc) is 2.74. The van der Waals surface area contributed by atoms with Crippen LogP contribution in [-0.2, 0) is 0 Å². The smallest absolute Gasteiger partial charge is 0.258 e. The number of anilines is 3. The lowest BCUT2D eigenvalue weighted by Crippen LogP contribution is -2.15. The number of fused-ring (bicyclic) bond motifs is 1. The second-order valence-electron chi connectivity index (χ2n) is 5.93. The zero-order chi connectivity index (χ0) is 19.3. The Hall–Kier alpha value is -3.81. The minimum atomic E-state index is -0.324. The van der Waals surface area contributed by atoms with Crippen LogP contribution in [0.2, 0.25) is 0 Å². The van der Waals surface area contributed by atoms with Crippen LogP contribution in [0, 0.1) is 0 Å². The lowest BCUT2D eigenvalue weighted by Gasteiger charge is -2.19. The Bertz CT molecular complexity index is 992. The highest BCUT2D eigenvalue weighted by molar-refractivity contribution is 6.04. The molecule has 142 valence electrons. The van der Waals surface area contributed by atoms with E-state index in [1.165, 1.54) is 12.4 Å². The zero-order valence-corrected chi connectivity index (χ0v) is 15.1. The van der Waals surface area contributed by atoms with Crippen molar-refractivity contribution in [1.29, 1.82) is 0 Å². The third-order valence-corrected chi connectivity index (χ3v) is 4.07. The number of rotatable bonds is 5. The molecule has 0 spiro atoms. The van der Waals surface area contributed by atoms with Gasteiger partial charge in [0.1, 0.15) is 19.0 Å². The molecule has 8 heteroatoms. The molecule has 0 aliphatic carbocycles. The number of benzene rings is 2. The second kappa shape index (κ2) is 7.83. The predicted molar refractivity (Wildman–Crippen MR) is 104 cm³/mol. The van der Waals surface area contributed by atoms with Gasteiger partial charge in [-0.3, -0.25) is 4.79 Å². The maximum Gasteiger partial charge on any atom is 0.258 e. The highest BCUT2D eigenvalue weighted by atomic mass is 16.6. The van der Waals surface area contributed by atoms with Gasteiger partial charge >= 0.3 is 0 Å². The Morgan fingerprint density at radius 2 is 1.79 bits per heavy atom. The lowest BCUT2D eigenvalue weighted by atomic mass is 10.2. The van der Waals surface area contributed by atoms with Gasteiger partial charge in [0, 0.05) is 24.1 Å². The molecular weight excluding hydrogens is 360 g/mol. The zero-order valence-electron chi connectivity index (χ0n) is 15.1. The number of carbonyl (C=O) groups is 1. The first-order chi connectivity index (χ1) is 13.7. The van der Waals surface area contributed by atoms with Crippen LogP contribution in [0.25, 0.3) is 0 Å². The van der Waals surface area contributed by atoms with Gasteiger partial charge in [-0.25, -0.2) is 9.97 Å². The first-order valence-electron chi connectivity index (χ1n) is 8.66. The largest absolute Gasteiger partial charge is 0.495 e. The fourth-order valence-corrected chi connectivity index (χ4v) is 2.70. The summed E-state index contributed by atoms with van der Waals surface area (Å²) in [5, 5.41) is 5.86. The van der Waals surface area contributed by atoms with Gasteiger partial charge in [-0.2, -0.15) is 0 Å². The fraction of sp³-hybridized carbons (Fsp3) is 0.150. The second-order valence-corrected chi connectivity index (χ2v) is 5.93. The van der Waals surface area contributed by atoms with E-state index >= 15 is 0 Å². The minimum Gasteiger partial charge on any atom is -0.495 e. The number of nitrogens with zero attached hydrogens (tertiary/aromatic N) is 2. The molecule has 3 aromatic rings. The van der Waals surface area contributed by atoms with Crippen LogP contribution in [0.15, 0.2) is 54.9 Å². The molecule has 8 nitrogen and oxygen atoms in total. The highest BCUT2D eigenvalue weighted by Gasteiger charge is 2.13. The summed E-state index contributed by atoms with van der Waals surface area (Å²) >= 11 is 0. The van der Waals surface area contributed by atoms with Crippen molar-refractivity contribution in [2.24, 2.45) is 0 Å². The summed E-state index contributed by atoms with van der Waals surface area (Å²) in [7, 11) is 1.55. The third-order valence-electron chi connectivity index (χ3n) is 4.07. The fourth-order valence-electron chi connectivity index (χ4n) is 2.70. The molecule has 4 rings (SSSR count). The first-order valence-corrected chi connectivity index (χ1v) is 8.66. The molecule has 0 saturated heterocycles. The number of methoxy groups -OCH3 is 1. The van der Waals surface area contributed by atoms with Gasteiger partial charge < -0.3 is 24.8 Å². The molecule has 0 bridgehead atoms. The molecule has 1 aliphatic rings. The molecule has 1 aliphatic heterocycles. The van der Waals surface area contributed by atoms with Crippen molar-refractivity contribution in [1.82, 2.24) is 9.97 Å². The van der Waals surface area contributed by atoms with E-state index in [0.717, 1.165) is 5.69 Å². The van der Waals surface area contributed by atoms with Gasteiger partial charge in [-0.1, -0.05) is 12.1 Å². The van der Waals surface area contributed by atoms with Crippen molar-refractivity contribution in [2.75, 3.05) is 31.0 Å². The number of hydrogen-bond acceptors (Lipinski definition) is 7. The Morgan fingerprint density at radius 1 is 1.04 bits per heavy atom. The van der Waals surface area contributed by atoms with E-state index in [-0.39, 0.29) is 5.91 Å². The molecule has 0 unspecified atom stereocenters. The van der Waals surface area contributed by atoms with Crippen LogP contribution in [0.1, 0.15) is 10.4 Å². The maximum absolute atomic E-state index is 12.4. The summed E-state index contributed by atoms with van der Waals surface area (Å²) in [6, 6.07) is 12.7. The van der Waals surface area contributed by atoms with Crippen LogP contribution in [-0.4, -0.2) is 36.2 Å². The Labute approximate surface area is 161 Å². The summed E-state index contributed by atoms with van der Waals surface area (Å²) in [5.74, 6) is 2.00. The monoisotopic (exact) mass is 378 g/mol. The van der Waals surface area contributed by atoms with Gasteiger partial charge in [0.15, 0.2) is 11.5 Å². The van der Waals surface area contributed by atoms with E-state index in [9.17, 15) is 4.79 Å². The Balaban J connectivity index is 1.44. The maximum atomic E-state index is 12.4. The molecule has 2 heterocycles. The Morgan fingerprint density at radius 3 is 2.57 bits per heavy atom. The van der Waals surface area contributed by atoms with Crippen LogP contribution in [0.3, 0.4) is 0 Å². The van der Waals surface area contributed by atoms with E-state index < -0.39 is 0 Å². The van der Waals surface area contributed by atoms with Crippen molar-refractivity contribution >= 4 is 23.2 Å². The van der Waals surface area contributed by atoms with E-state index in [2.05, 4.69) is 20.6 Å². The quantitative estimate of drug-likeness (QED) is 0.704. The molecule has 0 saturated carbocycles. The number of para-hydroxylation sites is 2. The third kappa shape index (κ3) is 3.80. The predicted octanol–water partition coefficient (Wildman–Crippen LogP) is 3.25. The van der Waals surface area contributed by atoms with Crippen molar-refractivity contribution in [3.05, 3.63) is 60.4 Å². The molecule has 2 aromatic carbocycles. The normalized spacial score (nSPS) is 12.2. The molecule has 28 heavy (non-hydrogen) atoms. The van der Waals surface area contributed by atoms with Gasteiger partial charge in [0.2, 0.25) is 5.95 Å². The molecule has 0 fully saturated rings. The first kappa shape index (κ1) is 17.6. The van der Waals surface area contributed by atoms with Crippen LogP contribution >= 0.6 is 0 Å². The number of amides is 1. The number of aromatic nitrogens is 2. The molecule has 1 amide bonds. The minimum absolute atomic E-state index is 0.324. The molecule has 1 aromatic heterocycles. The number of nitrogens with one attached hydrogen (secondary N) is 2. The van der Waals surface area contributed by atoms with E-state index in [1.54, 1.807) is 19.2 Å². The lowest BCUT2D eigenvalue weighted by molar-refractivity contribution is 0.102. The van der Waals surface area contributed by atoms with Crippen molar-refractivity contribution in [3.8, 4) is 17.2 Å². The van der Waals surface area contributed by atoms with E-state index in [1.807, 2.05) is 30.3 Å². The van der Waals surface area contributed by atoms with Crippen LogP contribution in [0.5, 0.6) is 17.2 Å². The van der Waals surface area contributed by atoms with Crippen LogP contribution in [0.4, 0.5) is 17.3 Å². The summed E-state index contributed by atoms with van der Waals surface area (Å²) in [6.07, 6.45) is 2.91. The van der Waals surface area contributed by atoms with Gasteiger partial charge in [-0.15, -0.1) is 0 Å². The summed E-state index contributed by atoms with van der Waals surface area (Å²) in [5.41, 5.74) is 1.67. The highest BCUT2D eigenvalue weighted by Crippen LogP contribution is 2.33. The summed E-state index contributed by atoms with van der Waals surface area (Å²) in [6.45, 7) is 1.06. The van der Waals surface area contributed by atoms with Crippen molar-refractivity contribution in [3.63, 3.8) is 0 Å². The topological polar surface area (TPSA) is 94.6 Å². The molecule has 2 N–H and O–H groups in total. The van der Waals surface area contributed by atoms with Crippen molar-refractivity contribution < 1.29 is 19.0 Å². The van der Waals surface area contributed by atoms with Crippen LogP contribution < -0.4 is 24.8 Å². The standard InChI is InChI=1S/C20H18N4O4/c1-26-16-5-3-2-4-15(16)24-19(25)13-11-21-20(22-12-13)23-14-6-7-17-18(10-14)28-9-8-27-17/h2-7,10-12H,8-9H2,1H3,(H,24,25)(H,21,22,23). The molecule has 0 radical (unpaired) electrons. The number of carbonyl (C=O) groups excluding carboxylic acids is 1. The SMILES string of the molecule is COc1ccccc1NC(=O)c1cnc(Nc2ccc3c(c2)OCCO3)nc1. The van der Waals surface area contributed by atoms with Gasteiger partial charge in [0.25, 0.3) is 5.91 Å². The molecule has 0 atom stereocenters.